The second-order valence-electron chi connectivity index (χ2n) is 9.90. The van der Waals surface area contributed by atoms with Gasteiger partial charge in [0.1, 0.15) is 0 Å². The Hall–Kier alpha value is -4.14. The number of rotatable bonds is 12. The van der Waals surface area contributed by atoms with Crippen molar-refractivity contribution in [2.24, 2.45) is 5.41 Å². The van der Waals surface area contributed by atoms with Crippen molar-refractivity contribution in [1.29, 1.82) is 0 Å². The van der Waals surface area contributed by atoms with Crippen LogP contribution in [0.3, 0.4) is 0 Å². The smallest absolute Gasteiger partial charge is 0.251 e. The molecule has 1 aromatic heterocycles. The number of likely N-dealkylation sites (N-methyl/N-ethyl adjacent to an activating group) is 1. The van der Waals surface area contributed by atoms with E-state index in [1.54, 1.807) is 12.1 Å². The van der Waals surface area contributed by atoms with Crippen molar-refractivity contribution in [2.75, 3.05) is 20.1 Å². The van der Waals surface area contributed by atoms with E-state index >= 15 is 0 Å². The van der Waals surface area contributed by atoms with Crippen LogP contribution in [0.15, 0.2) is 54.7 Å². The summed E-state index contributed by atoms with van der Waals surface area (Å²) in [7, 11) is 1.50. The molecule has 0 saturated heterocycles. The summed E-state index contributed by atoms with van der Waals surface area (Å²) in [6, 6.07) is 14.8. The van der Waals surface area contributed by atoms with Gasteiger partial charge in [-0.3, -0.25) is 19.2 Å². The maximum atomic E-state index is 13.4. The zero-order valence-corrected chi connectivity index (χ0v) is 21.9. The summed E-state index contributed by atoms with van der Waals surface area (Å²) in [6.45, 7) is 2.16. The van der Waals surface area contributed by atoms with E-state index in [1.165, 1.54) is 7.05 Å². The Kier molecular flexibility index (Phi) is 8.45. The summed E-state index contributed by atoms with van der Waals surface area (Å²) in [5.74, 6) is -1.02. The SMILES string of the molecule is CCc1ccc(C(=O)NCC2(C(=O)N[C@@H](CC(=O)NCC(=O)NC)Cc3c[nH]c4ccccc34)CC2)cc1. The van der Waals surface area contributed by atoms with Gasteiger partial charge in [0.2, 0.25) is 17.7 Å². The molecule has 9 heteroatoms. The molecular weight excluding hydrogens is 482 g/mol. The number of nitrogens with one attached hydrogen (secondary N) is 5. The van der Waals surface area contributed by atoms with Crippen LogP contribution in [0.25, 0.3) is 10.9 Å². The number of benzene rings is 2. The normalized spacial score (nSPS) is 14.4. The molecule has 1 aliphatic carbocycles. The maximum Gasteiger partial charge on any atom is 0.251 e. The van der Waals surface area contributed by atoms with Gasteiger partial charge in [0, 0.05) is 48.7 Å². The van der Waals surface area contributed by atoms with Crippen molar-refractivity contribution in [3.63, 3.8) is 0 Å². The van der Waals surface area contributed by atoms with E-state index in [4.69, 9.17) is 0 Å². The first-order valence-electron chi connectivity index (χ1n) is 13.0. The van der Waals surface area contributed by atoms with Crippen LogP contribution in [-0.2, 0) is 27.2 Å². The van der Waals surface area contributed by atoms with Gasteiger partial charge < -0.3 is 26.3 Å². The molecule has 0 aliphatic heterocycles. The van der Waals surface area contributed by atoms with E-state index in [1.807, 2.05) is 42.6 Å². The van der Waals surface area contributed by atoms with Crippen LogP contribution in [0.2, 0.25) is 0 Å². The Morgan fingerprint density at radius 1 is 0.974 bits per heavy atom. The number of aromatic amines is 1. The summed E-state index contributed by atoms with van der Waals surface area (Å²) >= 11 is 0. The molecule has 1 heterocycles. The fourth-order valence-electron chi connectivity index (χ4n) is 4.52. The lowest BCUT2D eigenvalue weighted by molar-refractivity contribution is -0.128. The lowest BCUT2D eigenvalue weighted by Gasteiger charge is -2.23. The van der Waals surface area contributed by atoms with Gasteiger partial charge in [-0.25, -0.2) is 0 Å². The molecule has 1 atom stereocenters. The van der Waals surface area contributed by atoms with Gasteiger partial charge in [0.15, 0.2) is 0 Å². The predicted molar refractivity (Wildman–Crippen MR) is 145 cm³/mol. The predicted octanol–water partition coefficient (Wildman–Crippen LogP) is 2.22. The van der Waals surface area contributed by atoms with Crippen molar-refractivity contribution in [1.82, 2.24) is 26.3 Å². The average Bonchev–Trinajstić information content (AvgIpc) is 3.64. The highest BCUT2D eigenvalue weighted by Gasteiger charge is 2.50. The van der Waals surface area contributed by atoms with Gasteiger partial charge in [-0.2, -0.15) is 0 Å². The number of aromatic nitrogens is 1. The highest BCUT2D eigenvalue weighted by molar-refractivity contribution is 5.95. The number of para-hydroxylation sites is 1. The third-order valence-electron chi connectivity index (χ3n) is 7.18. The Balaban J connectivity index is 1.41. The number of hydrogen-bond acceptors (Lipinski definition) is 4. The summed E-state index contributed by atoms with van der Waals surface area (Å²) in [4.78, 5) is 53.5. The Labute approximate surface area is 222 Å². The molecule has 9 nitrogen and oxygen atoms in total. The maximum absolute atomic E-state index is 13.4. The average molecular weight is 518 g/mol. The Morgan fingerprint density at radius 2 is 1.71 bits per heavy atom. The van der Waals surface area contributed by atoms with Gasteiger partial charge >= 0.3 is 0 Å². The summed E-state index contributed by atoms with van der Waals surface area (Å²) in [5, 5.41) is 12.1. The molecular formula is C29H35N5O4. The van der Waals surface area contributed by atoms with Crippen LogP contribution >= 0.6 is 0 Å². The zero-order valence-electron chi connectivity index (χ0n) is 21.9. The monoisotopic (exact) mass is 517 g/mol. The van der Waals surface area contributed by atoms with Crippen molar-refractivity contribution in [2.45, 2.75) is 45.1 Å². The standard InChI is InChI=1S/C29H35N5O4/c1-3-19-8-10-20(11-9-19)27(37)33-18-29(12-13-29)28(38)34-22(15-25(35)32-17-26(36)30-2)14-21-16-31-24-7-5-4-6-23(21)24/h4-11,16,22,31H,3,12-15,17-18H2,1-2H3,(H,30,36)(H,32,35)(H,33,37)(H,34,38)/t22-/m1/s1. The van der Waals surface area contributed by atoms with Crippen molar-refractivity contribution >= 4 is 34.5 Å². The van der Waals surface area contributed by atoms with Gasteiger partial charge in [0.25, 0.3) is 5.91 Å². The van der Waals surface area contributed by atoms with Gasteiger partial charge in [-0.1, -0.05) is 37.3 Å². The number of amides is 4. The molecule has 2 aromatic carbocycles. The third kappa shape index (κ3) is 6.59. The summed E-state index contributed by atoms with van der Waals surface area (Å²) in [5.41, 5.74) is 2.99. The molecule has 0 bridgehead atoms. The third-order valence-corrected chi connectivity index (χ3v) is 7.18. The number of carbonyl (C=O) groups excluding carboxylic acids is 4. The van der Waals surface area contributed by atoms with Crippen molar-refractivity contribution < 1.29 is 19.2 Å². The number of H-pyrrole nitrogens is 1. The molecule has 1 saturated carbocycles. The molecule has 1 fully saturated rings. The highest BCUT2D eigenvalue weighted by atomic mass is 16.2. The fraction of sp³-hybridized carbons (Fsp3) is 0.379. The van der Waals surface area contributed by atoms with Crippen LogP contribution in [0.4, 0.5) is 0 Å². The van der Waals surface area contributed by atoms with E-state index in [0.29, 0.717) is 24.8 Å². The first-order valence-corrected chi connectivity index (χ1v) is 13.0. The molecule has 200 valence electrons. The van der Waals surface area contributed by atoms with Crippen molar-refractivity contribution in [3.8, 4) is 0 Å². The Bertz CT molecular complexity index is 1310. The fourth-order valence-corrected chi connectivity index (χ4v) is 4.52. The van der Waals surface area contributed by atoms with E-state index in [0.717, 1.165) is 28.5 Å². The molecule has 38 heavy (non-hydrogen) atoms. The minimum Gasteiger partial charge on any atom is -0.361 e. The lowest BCUT2D eigenvalue weighted by Crippen LogP contribution is -2.47. The molecule has 5 N–H and O–H groups in total. The van der Waals surface area contributed by atoms with E-state index < -0.39 is 11.5 Å². The first-order chi connectivity index (χ1) is 18.3. The minimum absolute atomic E-state index is 0.0223. The number of aryl methyl sites for hydroxylation is 1. The second kappa shape index (κ2) is 11.9. The van der Waals surface area contributed by atoms with Gasteiger partial charge in [0.05, 0.1) is 12.0 Å². The second-order valence-corrected chi connectivity index (χ2v) is 9.90. The highest BCUT2D eigenvalue weighted by Crippen LogP contribution is 2.45. The van der Waals surface area contributed by atoms with Crippen LogP contribution in [0.1, 0.15) is 47.7 Å². The molecule has 0 unspecified atom stereocenters. The van der Waals surface area contributed by atoms with E-state index in [-0.39, 0.29) is 43.1 Å². The van der Waals surface area contributed by atoms with Crippen LogP contribution < -0.4 is 21.3 Å². The largest absolute Gasteiger partial charge is 0.361 e. The molecule has 4 amide bonds. The van der Waals surface area contributed by atoms with Gasteiger partial charge in [-0.05, 0) is 55.0 Å². The van der Waals surface area contributed by atoms with Crippen molar-refractivity contribution in [3.05, 3.63) is 71.4 Å². The molecule has 3 aromatic rings. The van der Waals surface area contributed by atoms with Crippen LogP contribution in [0, 0.1) is 5.41 Å². The molecule has 0 spiro atoms. The zero-order chi connectivity index (χ0) is 27.1. The van der Waals surface area contributed by atoms with Gasteiger partial charge in [-0.15, -0.1) is 0 Å². The topological polar surface area (TPSA) is 132 Å². The number of hydrogen-bond donors (Lipinski definition) is 5. The summed E-state index contributed by atoms with van der Waals surface area (Å²) in [6.07, 6.45) is 4.58. The quantitative estimate of drug-likeness (QED) is 0.252. The number of fused-ring (bicyclic) bond motifs is 1. The van der Waals surface area contributed by atoms with E-state index in [9.17, 15) is 19.2 Å². The number of carbonyl (C=O) groups is 4. The molecule has 0 radical (unpaired) electrons. The van der Waals surface area contributed by atoms with Crippen LogP contribution in [-0.4, -0.2) is 54.8 Å². The van der Waals surface area contributed by atoms with Crippen LogP contribution in [0.5, 0.6) is 0 Å². The van der Waals surface area contributed by atoms with E-state index in [2.05, 4.69) is 33.2 Å². The Morgan fingerprint density at radius 3 is 2.39 bits per heavy atom. The lowest BCUT2D eigenvalue weighted by atomic mass is 9.99. The summed E-state index contributed by atoms with van der Waals surface area (Å²) < 4.78 is 0. The molecule has 4 rings (SSSR count). The minimum atomic E-state index is -0.684. The first kappa shape index (κ1) is 26.9. The molecule has 1 aliphatic rings.